The van der Waals surface area contributed by atoms with Crippen LogP contribution in [0.3, 0.4) is 0 Å². The van der Waals surface area contributed by atoms with Crippen molar-refractivity contribution in [2.45, 2.75) is 32.3 Å². The largest absolute Gasteiger partial charge is 0.392 e. The molecule has 7 heteroatoms. The van der Waals surface area contributed by atoms with Gasteiger partial charge >= 0.3 is 0 Å². The molecule has 1 aliphatic heterocycles. The third-order valence-electron chi connectivity index (χ3n) is 5.56. The van der Waals surface area contributed by atoms with Crippen molar-refractivity contribution in [3.05, 3.63) is 77.3 Å². The van der Waals surface area contributed by atoms with Crippen LogP contribution in [0.5, 0.6) is 0 Å². The minimum atomic E-state index is -0.465. The number of rotatable bonds is 5. The summed E-state index contributed by atoms with van der Waals surface area (Å²) in [5.74, 6) is -0.544. The zero-order valence-electron chi connectivity index (χ0n) is 16.8. The Hall–Kier alpha value is -3.19. The van der Waals surface area contributed by atoms with Crippen LogP contribution >= 0.6 is 0 Å². The number of carbonyl (C=O) groups is 1. The normalized spacial score (nSPS) is 16.1. The van der Waals surface area contributed by atoms with Gasteiger partial charge in [0.05, 0.1) is 24.2 Å². The van der Waals surface area contributed by atoms with Gasteiger partial charge in [-0.2, -0.15) is 0 Å². The van der Waals surface area contributed by atoms with Crippen LogP contribution in [-0.2, 0) is 13.0 Å². The van der Waals surface area contributed by atoms with Crippen LogP contribution in [0.4, 0.5) is 4.39 Å². The number of halogens is 1. The highest BCUT2D eigenvalue weighted by atomic mass is 19.1. The molecular formula is C23H23FN4O2. The van der Waals surface area contributed by atoms with Gasteiger partial charge in [-0.3, -0.25) is 14.8 Å². The van der Waals surface area contributed by atoms with Crippen molar-refractivity contribution in [3.8, 4) is 11.3 Å². The minimum absolute atomic E-state index is 0.0884. The number of aliphatic hydroxyl groups excluding tert-OH is 1. The van der Waals surface area contributed by atoms with Crippen molar-refractivity contribution in [2.24, 2.45) is 0 Å². The number of carbonyl (C=O) groups excluding carboxylic acids is 1. The molecule has 0 spiro atoms. The van der Waals surface area contributed by atoms with Gasteiger partial charge in [0.1, 0.15) is 11.5 Å². The molecule has 154 valence electrons. The maximum absolute atomic E-state index is 13.1. The standard InChI is InChI=1S/C23H23FN4O2/c1-2-20-22(26-9-8-25-20)15-3-5-19(17(11-15)14-29)16-7-10-28(13-16)23(30)21-6-4-18(24)12-27-21/h3-6,8-9,11-12,16,29H,2,7,10,13-14H2,1H3. The van der Waals surface area contributed by atoms with Crippen molar-refractivity contribution in [2.75, 3.05) is 13.1 Å². The van der Waals surface area contributed by atoms with Crippen molar-refractivity contribution in [3.63, 3.8) is 0 Å². The lowest BCUT2D eigenvalue weighted by atomic mass is 9.91. The summed E-state index contributed by atoms with van der Waals surface area (Å²) in [6.45, 7) is 3.08. The molecule has 1 unspecified atom stereocenters. The van der Waals surface area contributed by atoms with Gasteiger partial charge in [0.15, 0.2) is 0 Å². The predicted octanol–water partition coefficient (Wildman–Crippen LogP) is 3.36. The molecule has 1 atom stereocenters. The molecule has 0 saturated carbocycles. The second kappa shape index (κ2) is 8.67. The van der Waals surface area contributed by atoms with E-state index in [-0.39, 0.29) is 24.1 Å². The molecule has 0 bridgehead atoms. The second-order valence-corrected chi connectivity index (χ2v) is 7.38. The summed E-state index contributed by atoms with van der Waals surface area (Å²) < 4.78 is 13.1. The number of likely N-dealkylation sites (tertiary alicyclic amines) is 1. The van der Waals surface area contributed by atoms with E-state index in [1.165, 1.54) is 12.1 Å². The van der Waals surface area contributed by atoms with Crippen molar-refractivity contribution < 1.29 is 14.3 Å². The Kier molecular flexibility index (Phi) is 5.81. The zero-order valence-corrected chi connectivity index (χ0v) is 16.8. The first-order valence-corrected chi connectivity index (χ1v) is 10.1. The van der Waals surface area contributed by atoms with Crippen LogP contribution in [0.15, 0.2) is 48.9 Å². The van der Waals surface area contributed by atoms with Crippen LogP contribution < -0.4 is 0 Å². The average molecular weight is 406 g/mol. The Balaban J connectivity index is 1.56. The number of aryl methyl sites for hydroxylation is 1. The lowest BCUT2D eigenvalue weighted by Gasteiger charge is -2.18. The second-order valence-electron chi connectivity index (χ2n) is 7.38. The SMILES string of the molecule is CCc1nccnc1-c1ccc(C2CCN(C(=O)c3ccc(F)cn3)C2)c(CO)c1. The molecular weight excluding hydrogens is 383 g/mol. The van der Waals surface area contributed by atoms with Crippen LogP contribution in [0.25, 0.3) is 11.3 Å². The Morgan fingerprint density at radius 3 is 2.77 bits per heavy atom. The van der Waals surface area contributed by atoms with Gasteiger partial charge in [-0.15, -0.1) is 0 Å². The Morgan fingerprint density at radius 1 is 1.20 bits per heavy atom. The number of pyridine rings is 1. The van der Waals surface area contributed by atoms with Crippen LogP contribution in [0.2, 0.25) is 0 Å². The van der Waals surface area contributed by atoms with E-state index in [4.69, 9.17) is 0 Å². The smallest absolute Gasteiger partial charge is 0.272 e. The van der Waals surface area contributed by atoms with Gasteiger partial charge in [0, 0.05) is 37.0 Å². The first kappa shape index (κ1) is 20.1. The lowest BCUT2D eigenvalue weighted by molar-refractivity contribution is 0.0785. The summed E-state index contributed by atoms with van der Waals surface area (Å²) in [5.41, 5.74) is 4.77. The predicted molar refractivity (Wildman–Crippen MR) is 110 cm³/mol. The molecule has 1 aromatic carbocycles. The minimum Gasteiger partial charge on any atom is -0.392 e. The number of benzene rings is 1. The summed E-state index contributed by atoms with van der Waals surface area (Å²) in [7, 11) is 0. The van der Waals surface area contributed by atoms with Gasteiger partial charge in [0.25, 0.3) is 5.91 Å². The molecule has 0 radical (unpaired) electrons. The lowest BCUT2D eigenvalue weighted by Crippen LogP contribution is -2.29. The quantitative estimate of drug-likeness (QED) is 0.703. The van der Waals surface area contributed by atoms with Crippen LogP contribution in [0, 0.1) is 5.82 Å². The molecule has 1 aliphatic rings. The fourth-order valence-corrected chi connectivity index (χ4v) is 4.02. The first-order valence-electron chi connectivity index (χ1n) is 10.1. The molecule has 4 rings (SSSR count). The summed E-state index contributed by atoms with van der Waals surface area (Å²) in [6.07, 6.45) is 5.98. The summed E-state index contributed by atoms with van der Waals surface area (Å²) in [4.78, 5) is 27.2. The average Bonchev–Trinajstić information content (AvgIpc) is 3.28. The maximum Gasteiger partial charge on any atom is 0.272 e. The van der Waals surface area contributed by atoms with Gasteiger partial charge in [-0.05, 0) is 42.2 Å². The van der Waals surface area contributed by atoms with E-state index in [1.807, 2.05) is 25.1 Å². The van der Waals surface area contributed by atoms with Gasteiger partial charge in [-0.1, -0.05) is 19.1 Å². The zero-order chi connectivity index (χ0) is 21.1. The van der Waals surface area contributed by atoms with Gasteiger partial charge in [0.2, 0.25) is 0 Å². The maximum atomic E-state index is 13.1. The van der Waals surface area contributed by atoms with Gasteiger partial charge < -0.3 is 10.0 Å². The topological polar surface area (TPSA) is 79.2 Å². The third-order valence-corrected chi connectivity index (χ3v) is 5.56. The van der Waals surface area contributed by atoms with E-state index in [1.54, 1.807) is 17.3 Å². The first-order chi connectivity index (χ1) is 14.6. The fraction of sp³-hybridized carbons (Fsp3) is 0.304. The molecule has 3 aromatic rings. The Bertz CT molecular complexity index is 1060. The van der Waals surface area contributed by atoms with E-state index in [2.05, 4.69) is 15.0 Å². The number of nitrogens with zero attached hydrogens (tertiary/aromatic N) is 4. The fourth-order valence-electron chi connectivity index (χ4n) is 4.02. The molecule has 3 heterocycles. The van der Waals surface area contributed by atoms with Crippen LogP contribution in [0.1, 0.15) is 46.6 Å². The highest BCUT2D eigenvalue weighted by Crippen LogP contribution is 2.33. The molecule has 6 nitrogen and oxygen atoms in total. The molecule has 1 fully saturated rings. The van der Waals surface area contributed by atoms with E-state index in [0.717, 1.165) is 47.1 Å². The third kappa shape index (κ3) is 3.93. The highest BCUT2D eigenvalue weighted by Gasteiger charge is 2.30. The molecule has 1 N–H and O–H groups in total. The van der Waals surface area contributed by atoms with Crippen molar-refractivity contribution in [1.29, 1.82) is 0 Å². The van der Waals surface area contributed by atoms with Gasteiger partial charge in [-0.25, -0.2) is 9.37 Å². The number of hydrogen-bond donors (Lipinski definition) is 1. The molecule has 1 saturated heterocycles. The number of hydrogen-bond acceptors (Lipinski definition) is 5. The van der Waals surface area contributed by atoms with E-state index >= 15 is 0 Å². The van der Waals surface area contributed by atoms with E-state index in [0.29, 0.717) is 13.1 Å². The summed E-state index contributed by atoms with van der Waals surface area (Å²) in [5, 5.41) is 9.99. The van der Waals surface area contributed by atoms with E-state index < -0.39 is 5.82 Å². The Labute approximate surface area is 174 Å². The molecule has 0 aliphatic carbocycles. The number of amides is 1. The number of aliphatic hydroxyl groups is 1. The van der Waals surface area contributed by atoms with Crippen LogP contribution in [-0.4, -0.2) is 44.0 Å². The molecule has 1 amide bonds. The molecule has 30 heavy (non-hydrogen) atoms. The summed E-state index contributed by atoms with van der Waals surface area (Å²) in [6, 6.07) is 8.64. The molecule has 2 aromatic heterocycles. The Morgan fingerprint density at radius 2 is 2.03 bits per heavy atom. The monoisotopic (exact) mass is 406 g/mol. The number of aromatic nitrogens is 3. The van der Waals surface area contributed by atoms with Crippen molar-refractivity contribution >= 4 is 5.91 Å². The van der Waals surface area contributed by atoms with Crippen molar-refractivity contribution in [1.82, 2.24) is 19.9 Å². The summed E-state index contributed by atoms with van der Waals surface area (Å²) >= 11 is 0. The van der Waals surface area contributed by atoms with E-state index in [9.17, 15) is 14.3 Å². The highest BCUT2D eigenvalue weighted by molar-refractivity contribution is 5.92.